The topological polar surface area (TPSA) is 71.3 Å². The van der Waals surface area contributed by atoms with Crippen molar-refractivity contribution in [3.8, 4) is 0 Å². The molecule has 3 rings (SSSR count). The summed E-state index contributed by atoms with van der Waals surface area (Å²) in [5, 5.41) is 9.77. The van der Waals surface area contributed by atoms with Crippen molar-refractivity contribution in [3.63, 3.8) is 0 Å². The van der Waals surface area contributed by atoms with Crippen molar-refractivity contribution >= 4 is 17.2 Å². The summed E-state index contributed by atoms with van der Waals surface area (Å²) in [6, 6.07) is 11.2. The molecule has 0 aliphatic rings. The molecule has 0 atom stereocenters. The molecule has 2 heterocycles. The molecule has 104 valence electrons. The number of carbonyl (C=O) groups excluding carboxylic acids is 1. The smallest absolute Gasteiger partial charge is 0.262 e. The number of hydrogen-bond donors (Lipinski definition) is 2. The van der Waals surface area contributed by atoms with Crippen molar-refractivity contribution in [2.75, 3.05) is 5.32 Å². The number of anilines is 1. The van der Waals surface area contributed by atoms with Crippen LogP contribution in [0.15, 0.2) is 67.4 Å². The van der Waals surface area contributed by atoms with Gasteiger partial charge in [-0.15, -0.1) is 0 Å². The van der Waals surface area contributed by atoms with Crippen LogP contribution >= 0.6 is 0 Å². The van der Waals surface area contributed by atoms with Crippen molar-refractivity contribution in [3.05, 3.63) is 73.0 Å². The molecule has 0 radical (unpaired) electrons. The van der Waals surface area contributed by atoms with Crippen LogP contribution in [0.5, 0.6) is 0 Å². The molecular weight excluding hydrogens is 266 g/mol. The minimum absolute atomic E-state index is 0.308. The summed E-state index contributed by atoms with van der Waals surface area (Å²) in [5.41, 5.74) is 1.75. The number of fused-ring (bicyclic) bond motifs is 1. The van der Waals surface area contributed by atoms with E-state index in [9.17, 15) is 4.79 Å². The Hall–Kier alpha value is -3.15. The first-order chi connectivity index (χ1) is 10.2. The van der Waals surface area contributed by atoms with Gasteiger partial charge in [0.25, 0.3) is 5.91 Å². The number of aromatic nitrogens is 3. The van der Waals surface area contributed by atoms with Crippen LogP contribution in [0.25, 0.3) is 5.65 Å². The van der Waals surface area contributed by atoms with E-state index in [1.165, 1.54) is 6.20 Å². The Balaban J connectivity index is 1.73. The fourth-order valence-electron chi connectivity index (χ4n) is 1.92. The zero-order chi connectivity index (χ0) is 14.7. The van der Waals surface area contributed by atoms with Crippen molar-refractivity contribution in [2.45, 2.75) is 0 Å². The number of para-hydroxylation sites is 1. The summed E-state index contributed by atoms with van der Waals surface area (Å²) in [7, 11) is 0. The Kier molecular flexibility index (Phi) is 3.34. The van der Waals surface area contributed by atoms with E-state index in [0.29, 0.717) is 17.0 Å². The molecule has 0 fully saturated rings. The van der Waals surface area contributed by atoms with Gasteiger partial charge < -0.3 is 10.6 Å². The van der Waals surface area contributed by atoms with Crippen molar-refractivity contribution < 1.29 is 4.79 Å². The van der Waals surface area contributed by atoms with Crippen LogP contribution in [0.3, 0.4) is 0 Å². The summed E-state index contributed by atoms with van der Waals surface area (Å²) in [4.78, 5) is 16.4. The third kappa shape index (κ3) is 2.74. The SMILES string of the molecule is C=C(NC(=O)c1cnn2cccnc12)Nc1ccccc1. The van der Waals surface area contributed by atoms with Crippen LogP contribution in [0.1, 0.15) is 10.4 Å². The summed E-state index contributed by atoms with van der Waals surface area (Å²) < 4.78 is 1.54. The second kappa shape index (κ2) is 5.46. The first kappa shape index (κ1) is 12.9. The molecule has 6 nitrogen and oxygen atoms in total. The lowest BCUT2D eigenvalue weighted by Gasteiger charge is -2.10. The van der Waals surface area contributed by atoms with Gasteiger partial charge in [0.15, 0.2) is 5.65 Å². The molecule has 2 aromatic heterocycles. The van der Waals surface area contributed by atoms with E-state index in [1.54, 1.807) is 23.0 Å². The lowest BCUT2D eigenvalue weighted by Crippen LogP contribution is -2.26. The highest BCUT2D eigenvalue weighted by molar-refractivity contribution is 6.00. The minimum Gasteiger partial charge on any atom is -0.342 e. The lowest BCUT2D eigenvalue weighted by atomic mass is 10.3. The maximum Gasteiger partial charge on any atom is 0.262 e. The summed E-state index contributed by atoms with van der Waals surface area (Å²) in [6.07, 6.45) is 4.83. The van der Waals surface area contributed by atoms with Gasteiger partial charge >= 0.3 is 0 Å². The Bertz CT molecular complexity index is 794. The van der Waals surface area contributed by atoms with E-state index >= 15 is 0 Å². The van der Waals surface area contributed by atoms with E-state index in [4.69, 9.17) is 0 Å². The Morgan fingerprint density at radius 2 is 2.00 bits per heavy atom. The third-order valence-electron chi connectivity index (χ3n) is 2.86. The fraction of sp³-hybridized carbons (Fsp3) is 0. The summed E-state index contributed by atoms with van der Waals surface area (Å²) >= 11 is 0. The predicted molar refractivity (Wildman–Crippen MR) is 79.7 cm³/mol. The largest absolute Gasteiger partial charge is 0.342 e. The molecule has 0 bridgehead atoms. The first-order valence-electron chi connectivity index (χ1n) is 6.35. The number of nitrogens with one attached hydrogen (secondary N) is 2. The highest BCUT2D eigenvalue weighted by Crippen LogP contribution is 2.09. The van der Waals surface area contributed by atoms with E-state index < -0.39 is 0 Å². The van der Waals surface area contributed by atoms with Crippen molar-refractivity contribution in [1.29, 1.82) is 0 Å². The van der Waals surface area contributed by atoms with E-state index in [1.807, 2.05) is 30.3 Å². The van der Waals surface area contributed by atoms with Crippen LogP contribution < -0.4 is 10.6 Å². The summed E-state index contributed by atoms with van der Waals surface area (Å²) in [5.74, 6) is 0.0820. The first-order valence-corrected chi connectivity index (χ1v) is 6.35. The average molecular weight is 279 g/mol. The number of hydrogen-bond acceptors (Lipinski definition) is 4. The zero-order valence-corrected chi connectivity index (χ0v) is 11.2. The molecule has 21 heavy (non-hydrogen) atoms. The van der Waals surface area contributed by atoms with Gasteiger partial charge in [-0.25, -0.2) is 9.50 Å². The minimum atomic E-state index is -0.308. The number of amides is 1. The Labute approximate surface area is 121 Å². The van der Waals surface area contributed by atoms with Gasteiger partial charge in [0.1, 0.15) is 11.4 Å². The molecule has 0 aliphatic heterocycles. The van der Waals surface area contributed by atoms with Crippen LogP contribution in [-0.4, -0.2) is 20.5 Å². The van der Waals surface area contributed by atoms with Crippen LogP contribution in [-0.2, 0) is 0 Å². The number of benzene rings is 1. The standard InChI is InChI=1S/C15H13N5O/c1-11(18-12-6-3-2-4-7-12)19-15(21)13-10-17-20-9-5-8-16-14(13)20/h2-10,18H,1H2,(H,19,21). The average Bonchev–Trinajstić information content (AvgIpc) is 2.92. The quantitative estimate of drug-likeness (QED) is 0.766. The Morgan fingerprint density at radius 3 is 2.81 bits per heavy atom. The molecule has 0 spiro atoms. The molecule has 2 N–H and O–H groups in total. The Morgan fingerprint density at radius 1 is 1.19 bits per heavy atom. The van der Waals surface area contributed by atoms with Gasteiger partial charge in [0.05, 0.1) is 6.20 Å². The van der Waals surface area contributed by atoms with E-state index in [0.717, 1.165) is 5.69 Å². The molecule has 6 heteroatoms. The number of rotatable bonds is 4. The monoisotopic (exact) mass is 279 g/mol. The number of nitrogens with zero attached hydrogens (tertiary/aromatic N) is 3. The highest BCUT2D eigenvalue weighted by atomic mass is 16.1. The molecule has 0 saturated carbocycles. The number of carbonyl (C=O) groups is 1. The maximum absolute atomic E-state index is 12.2. The highest BCUT2D eigenvalue weighted by Gasteiger charge is 2.14. The van der Waals surface area contributed by atoms with E-state index in [-0.39, 0.29) is 5.91 Å². The summed E-state index contributed by atoms with van der Waals surface area (Å²) in [6.45, 7) is 3.79. The van der Waals surface area contributed by atoms with Crippen molar-refractivity contribution in [2.24, 2.45) is 0 Å². The molecule has 1 aromatic carbocycles. The predicted octanol–water partition coefficient (Wildman–Crippen LogP) is 2.04. The molecule has 0 aliphatic carbocycles. The van der Waals surface area contributed by atoms with Crippen molar-refractivity contribution in [1.82, 2.24) is 19.9 Å². The van der Waals surface area contributed by atoms with Crippen LogP contribution in [0.2, 0.25) is 0 Å². The van der Waals surface area contributed by atoms with Gasteiger partial charge in [-0.05, 0) is 18.2 Å². The molecule has 0 saturated heterocycles. The molecule has 0 unspecified atom stereocenters. The second-order valence-corrected chi connectivity index (χ2v) is 4.37. The lowest BCUT2D eigenvalue weighted by molar-refractivity contribution is 0.0968. The third-order valence-corrected chi connectivity index (χ3v) is 2.86. The van der Waals surface area contributed by atoms with Gasteiger partial charge in [-0.1, -0.05) is 24.8 Å². The maximum atomic E-state index is 12.2. The van der Waals surface area contributed by atoms with Crippen LogP contribution in [0, 0.1) is 0 Å². The zero-order valence-electron chi connectivity index (χ0n) is 11.2. The molecular formula is C15H13N5O. The van der Waals surface area contributed by atoms with Gasteiger partial charge in [-0.3, -0.25) is 4.79 Å². The normalized spacial score (nSPS) is 10.3. The molecule has 3 aromatic rings. The second-order valence-electron chi connectivity index (χ2n) is 4.37. The molecule has 1 amide bonds. The van der Waals surface area contributed by atoms with Crippen LogP contribution in [0.4, 0.5) is 5.69 Å². The van der Waals surface area contributed by atoms with Gasteiger partial charge in [0, 0.05) is 18.1 Å². The van der Waals surface area contributed by atoms with Gasteiger partial charge in [-0.2, -0.15) is 5.10 Å². The van der Waals surface area contributed by atoms with E-state index in [2.05, 4.69) is 27.3 Å². The van der Waals surface area contributed by atoms with Gasteiger partial charge in [0.2, 0.25) is 0 Å². The fourth-order valence-corrected chi connectivity index (χ4v) is 1.92.